The number of ether oxygens (including phenoxy) is 2. The zero-order valence-corrected chi connectivity index (χ0v) is 17.2. The van der Waals surface area contributed by atoms with E-state index < -0.39 is 29.6 Å². The average Bonchev–Trinajstić information content (AvgIpc) is 3.16. The summed E-state index contributed by atoms with van der Waals surface area (Å²) >= 11 is 0. The highest BCUT2D eigenvalue weighted by atomic mass is 19.1. The van der Waals surface area contributed by atoms with Crippen LogP contribution in [-0.4, -0.2) is 39.1 Å². The molecule has 0 radical (unpaired) electrons. The lowest BCUT2D eigenvalue weighted by atomic mass is 10.1. The van der Waals surface area contributed by atoms with Gasteiger partial charge in [-0.15, -0.1) is 0 Å². The van der Waals surface area contributed by atoms with Gasteiger partial charge in [0.2, 0.25) is 12.1 Å². The van der Waals surface area contributed by atoms with Gasteiger partial charge in [0, 0.05) is 12.5 Å². The van der Waals surface area contributed by atoms with E-state index in [0.717, 1.165) is 0 Å². The summed E-state index contributed by atoms with van der Waals surface area (Å²) in [7, 11) is 0. The summed E-state index contributed by atoms with van der Waals surface area (Å²) in [5, 5.41) is 13.5. The molecule has 0 saturated heterocycles. The van der Waals surface area contributed by atoms with E-state index in [-0.39, 0.29) is 29.3 Å². The van der Waals surface area contributed by atoms with E-state index in [9.17, 15) is 19.1 Å². The number of carbonyl (C=O) groups excluding carboxylic acids is 2. The molecule has 0 bridgehead atoms. The third kappa shape index (κ3) is 5.95. The molecule has 1 atom stereocenters. The minimum absolute atomic E-state index is 0.00780. The zero-order valence-electron chi connectivity index (χ0n) is 17.2. The van der Waals surface area contributed by atoms with Gasteiger partial charge in [0.05, 0.1) is 23.1 Å². The second-order valence-electron chi connectivity index (χ2n) is 7.44. The van der Waals surface area contributed by atoms with Gasteiger partial charge in [0.15, 0.2) is 0 Å². The van der Waals surface area contributed by atoms with Crippen LogP contribution >= 0.6 is 0 Å². The molecule has 3 aromatic rings. The van der Waals surface area contributed by atoms with E-state index in [0.29, 0.717) is 5.56 Å². The first kappa shape index (κ1) is 22.1. The first-order valence-corrected chi connectivity index (χ1v) is 9.44. The highest BCUT2D eigenvalue weighted by Crippen LogP contribution is 2.25. The van der Waals surface area contributed by atoms with Gasteiger partial charge in [0.25, 0.3) is 5.89 Å². The number of carbonyl (C=O) groups is 2. The van der Waals surface area contributed by atoms with Crippen LogP contribution in [0, 0.1) is 5.82 Å². The first-order valence-electron chi connectivity index (χ1n) is 9.44. The van der Waals surface area contributed by atoms with Gasteiger partial charge >= 0.3 is 11.9 Å². The van der Waals surface area contributed by atoms with Crippen molar-refractivity contribution in [2.75, 3.05) is 0 Å². The van der Waals surface area contributed by atoms with Crippen molar-refractivity contribution in [3.05, 3.63) is 59.9 Å². The van der Waals surface area contributed by atoms with Crippen LogP contribution in [0.15, 0.2) is 53.1 Å². The summed E-state index contributed by atoms with van der Waals surface area (Å²) in [6, 6.07) is 12.2. The Morgan fingerprint density at radius 1 is 1.16 bits per heavy atom. The molecule has 2 aromatic carbocycles. The Kier molecular flexibility index (Phi) is 6.45. The first-order chi connectivity index (χ1) is 14.6. The van der Waals surface area contributed by atoms with Crippen molar-refractivity contribution >= 4 is 11.9 Å². The van der Waals surface area contributed by atoms with Crippen molar-refractivity contribution in [3.63, 3.8) is 0 Å². The second-order valence-corrected chi connectivity index (χ2v) is 7.44. The Hall–Kier alpha value is -3.59. The number of halogens is 1. The second kappa shape index (κ2) is 9.05. The van der Waals surface area contributed by atoms with Crippen molar-refractivity contribution in [2.45, 2.75) is 39.1 Å². The molecule has 162 valence electrons. The molecule has 0 aliphatic heterocycles. The van der Waals surface area contributed by atoms with Crippen LogP contribution in [0.3, 0.4) is 0 Å². The minimum Gasteiger partial charge on any atom is -0.425 e. The smallest absolute Gasteiger partial charge is 0.341 e. The molecule has 8 nitrogen and oxygen atoms in total. The van der Waals surface area contributed by atoms with E-state index in [1.807, 2.05) is 0 Å². The number of hydrogen-bond acceptors (Lipinski definition) is 8. The Labute approximate surface area is 177 Å². The van der Waals surface area contributed by atoms with Crippen LogP contribution in [0.4, 0.5) is 4.39 Å². The van der Waals surface area contributed by atoms with Gasteiger partial charge in [-0.05, 0) is 38.1 Å². The maximum atomic E-state index is 13.9. The van der Waals surface area contributed by atoms with E-state index in [1.165, 1.54) is 45.0 Å². The molecule has 1 heterocycles. The predicted molar refractivity (Wildman–Crippen MR) is 107 cm³/mol. The summed E-state index contributed by atoms with van der Waals surface area (Å²) in [6.45, 7) is 4.32. The minimum atomic E-state index is -1.23. The van der Waals surface area contributed by atoms with Gasteiger partial charge in [-0.3, -0.25) is 4.79 Å². The van der Waals surface area contributed by atoms with Crippen LogP contribution in [0.1, 0.15) is 37.6 Å². The topological polar surface area (TPSA) is 112 Å². The van der Waals surface area contributed by atoms with Crippen molar-refractivity contribution in [2.24, 2.45) is 0 Å². The van der Waals surface area contributed by atoms with Crippen LogP contribution in [-0.2, 0) is 14.3 Å². The quantitative estimate of drug-likeness (QED) is 0.447. The lowest BCUT2D eigenvalue weighted by molar-refractivity contribution is -0.169. The number of aromatic nitrogens is 2. The Morgan fingerprint density at radius 2 is 1.90 bits per heavy atom. The summed E-state index contributed by atoms with van der Waals surface area (Å²) in [4.78, 5) is 28.3. The van der Waals surface area contributed by atoms with E-state index in [4.69, 9.17) is 14.0 Å². The fourth-order valence-corrected chi connectivity index (χ4v) is 2.69. The highest BCUT2D eigenvalue weighted by Gasteiger charge is 2.23. The number of aliphatic hydroxyl groups is 1. The highest BCUT2D eigenvalue weighted by molar-refractivity contribution is 5.91. The molecule has 0 amide bonds. The molecule has 1 unspecified atom stereocenters. The molecule has 0 aliphatic carbocycles. The third-order valence-electron chi connectivity index (χ3n) is 4.03. The van der Waals surface area contributed by atoms with Crippen LogP contribution in [0.5, 0.6) is 0 Å². The van der Waals surface area contributed by atoms with E-state index >= 15 is 0 Å². The lowest BCUT2D eigenvalue weighted by Crippen LogP contribution is -2.28. The average molecular weight is 428 g/mol. The zero-order chi connectivity index (χ0) is 22.6. The molecule has 0 saturated carbocycles. The van der Waals surface area contributed by atoms with Crippen molar-refractivity contribution in [1.82, 2.24) is 10.1 Å². The molecule has 1 N–H and O–H groups in total. The van der Waals surface area contributed by atoms with Crippen LogP contribution in [0.25, 0.3) is 22.8 Å². The summed E-state index contributed by atoms with van der Waals surface area (Å²) in [5.41, 5.74) is -0.451. The molecule has 9 heteroatoms. The number of hydrogen-bond donors (Lipinski definition) is 1. The SMILES string of the molecule is CC(OC(=O)CC(C)(C)O)OC(=O)c1cccc(-c2noc(-c3ccccc3F)n2)c1. The molecule has 31 heavy (non-hydrogen) atoms. The lowest BCUT2D eigenvalue weighted by Gasteiger charge is -2.18. The van der Waals surface area contributed by atoms with Gasteiger partial charge in [-0.2, -0.15) is 4.98 Å². The number of rotatable bonds is 7. The maximum Gasteiger partial charge on any atom is 0.341 e. The fraction of sp³-hybridized carbons (Fsp3) is 0.273. The summed E-state index contributed by atoms with van der Waals surface area (Å²) < 4.78 is 29.2. The van der Waals surface area contributed by atoms with Crippen molar-refractivity contribution < 1.29 is 33.1 Å². The molecule has 3 rings (SSSR count). The molecule has 0 aliphatic rings. The summed E-state index contributed by atoms with van der Waals surface area (Å²) in [5.74, 6) is -1.76. The van der Waals surface area contributed by atoms with Gasteiger partial charge < -0.3 is 19.1 Å². The Bertz CT molecular complexity index is 1090. The van der Waals surface area contributed by atoms with Crippen molar-refractivity contribution in [3.8, 4) is 22.8 Å². The van der Waals surface area contributed by atoms with Crippen LogP contribution in [0.2, 0.25) is 0 Å². The maximum absolute atomic E-state index is 13.9. The molecule has 1 aromatic heterocycles. The normalized spacial score (nSPS) is 12.3. The number of esters is 2. The fourth-order valence-electron chi connectivity index (χ4n) is 2.69. The molecule has 0 fully saturated rings. The monoisotopic (exact) mass is 428 g/mol. The third-order valence-corrected chi connectivity index (χ3v) is 4.03. The molecular formula is C22H21FN2O6. The Morgan fingerprint density at radius 3 is 2.61 bits per heavy atom. The summed E-state index contributed by atoms with van der Waals surface area (Å²) in [6.07, 6.45) is -1.39. The Balaban J connectivity index is 1.70. The van der Waals surface area contributed by atoms with Gasteiger partial charge in [-0.25, -0.2) is 9.18 Å². The molecule has 0 spiro atoms. The standard InChI is InChI=1S/C22H21FN2O6/c1-13(29-18(26)12-22(2,3)28)30-21(27)15-8-6-7-14(11-15)19-24-20(31-25-19)16-9-4-5-10-17(16)23/h4-11,13,28H,12H2,1-3H3. The van der Waals surface area contributed by atoms with E-state index in [2.05, 4.69) is 10.1 Å². The predicted octanol–water partition coefficient (Wildman–Crippen LogP) is 3.75. The molecular weight excluding hydrogens is 407 g/mol. The van der Waals surface area contributed by atoms with Crippen LogP contribution < -0.4 is 0 Å². The largest absolute Gasteiger partial charge is 0.425 e. The number of nitrogens with zero attached hydrogens (tertiary/aromatic N) is 2. The van der Waals surface area contributed by atoms with E-state index in [1.54, 1.807) is 24.3 Å². The van der Waals surface area contributed by atoms with Gasteiger partial charge in [-0.1, -0.05) is 29.4 Å². The van der Waals surface area contributed by atoms with Gasteiger partial charge in [0.1, 0.15) is 5.82 Å². The number of benzene rings is 2. The van der Waals surface area contributed by atoms with Crippen molar-refractivity contribution in [1.29, 1.82) is 0 Å².